The first-order valence-electron chi connectivity index (χ1n) is 8.66. The van der Waals surface area contributed by atoms with Gasteiger partial charge in [-0.05, 0) is 48.5 Å². The molecule has 3 aromatic rings. The summed E-state index contributed by atoms with van der Waals surface area (Å²) < 4.78 is 43.6. The molecule has 6 nitrogen and oxygen atoms in total. The average molecular weight is 399 g/mol. The highest BCUT2D eigenvalue weighted by atomic mass is 32.2. The fraction of sp³-hybridized carbons (Fsp3) is 0.143. The van der Waals surface area contributed by atoms with Gasteiger partial charge in [-0.2, -0.15) is 0 Å². The fourth-order valence-corrected chi connectivity index (χ4v) is 3.44. The Balaban J connectivity index is 1.52. The molecule has 0 saturated carbocycles. The molecule has 0 atom stereocenters. The Morgan fingerprint density at radius 3 is 2.14 bits per heavy atom. The summed E-state index contributed by atoms with van der Waals surface area (Å²) in [6.45, 7) is 0.337. The lowest BCUT2D eigenvalue weighted by molar-refractivity contribution is 0.320. The van der Waals surface area contributed by atoms with Gasteiger partial charge in [0, 0.05) is 12.6 Å². The van der Waals surface area contributed by atoms with E-state index < -0.39 is 10.0 Å². The topological polar surface area (TPSA) is 73.9 Å². The number of sulfonamides is 1. The Hall–Kier alpha value is -3.03. The van der Waals surface area contributed by atoms with Gasteiger partial charge in [0.15, 0.2) is 0 Å². The minimum Gasteiger partial charge on any atom is -0.497 e. The van der Waals surface area contributed by atoms with Crippen molar-refractivity contribution in [1.82, 2.24) is 4.72 Å². The molecule has 1 N–H and O–H groups in total. The van der Waals surface area contributed by atoms with Crippen LogP contribution >= 0.6 is 0 Å². The summed E-state index contributed by atoms with van der Waals surface area (Å²) in [5.74, 6) is 2.54. The van der Waals surface area contributed by atoms with Gasteiger partial charge in [0.1, 0.15) is 29.6 Å². The molecule has 0 aromatic heterocycles. The van der Waals surface area contributed by atoms with Gasteiger partial charge in [-0.15, -0.1) is 0 Å². The zero-order valence-corrected chi connectivity index (χ0v) is 16.2. The van der Waals surface area contributed by atoms with Crippen LogP contribution in [0.15, 0.2) is 83.8 Å². The maximum Gasteiger partial charge on any atom is 0.240 e. The summed E-state index contributed by atoms with van der Waals surface area (Å²) in [6.07, 6.45) is 0. The maximum atomic E-state index is 12.4. The molecule has 0 aliphatic rings. The van der Waals surface area contributed by atoms with Crippen LogP contribution in [0.1, 0.15) is 0 Å². The fourth-order valence-electron chi connectivity index (χ4n) is 2.43. The number of rotatable bonds is 9. The van der Waals surface area contributed by atoms with Crippen molar-refractivity contribution in [3.05, 3.63) is 78.9 Å². The normalized spacial score (nSPS) is 11.0. The average Bonchev–Trinajstić information content (AvgIpc) is 2.72. The predicted octanol–water partition coefficient (Wildman–Crippen LogP) is 3.84. The lowest BCUT2D eigenvalue weighted by Crippen LogP contribution is -2.28. The molecule has 0 heterocycles. The molecular formula is C21H21NO5S. The summed E-state index contributed by atoms with van der Waals surface area (Å²) in [6, 6.07) is 22.7. The van der Waals surface area contributed by atoms with E-state index in [0.29, 0.717) is 23.0 Å². The van der Waals surface area contributed by atoms with E-state index in [9.17, 15) is 8.42 Å². The second-order valence-corrected chi connectivity index (χ2v) is 7.58. The first-order chi connectivity index (χ1) is 13.6. The number of nitrogens with one attached hydrogen (secondary N) is 1. The lowest BCUT2D eigenvalue weighted by atomic mass is 10.3. The van der Waals surface area contributed by atoms with Crippen LogP contribution in [0.3, 0.4) is 0 Å². The summed E-state index contributed by atoms with van der Waals surface area (Å²) in [5.41, 5.74) is 0. The van der Waals surface area contributed by atoms with Gasteiger partial charge < -0.3 is 14.2 Å². The van der Waals surface area contributed by atoms with Gasteiger partial charge in [-0.25, -0.2) is 13.1 Å². The Bertz CT molecular complexity index is 989. The lowest BCUT2D eigenvalue weighted by Gasteiger charge is -2.10. The van der Waals surface area contributed by atoms with Crippen molar-refractivity contribution in [2.45, 2.75) is 4.90 Å². The zero-order valence-electron chi connectivity index (χ0n) is 15.4. The molecular weight excluding hydrogens is 378 g/mol. The Morgan fingerprint density at radius 2 is 1.43 bits per heavy atom. The van der Waals surface area contributed by atoms with Crippen LogP contribution in [-0.4, -0.2) is 28.7 Å². The highest BCUT2D eigenvalue weighted by Gasteiger charge is 2.13. The van der Waals surface area contributed by atoms with Crippen LogP contribution in [0.25, 0.3) is 0 Å². The van der Waals surface area contributed by atoms with Crippen LogP contribution in [-0.2, 0) is 10.0 Å². The molecule has 7 heteroatoms. The molecule has 0 saturated heterocycles. The second kappa shape index (κ2) is 9.25. The minimum absolute atomic E-state index is 0.141. The molecule has 28 heavy (non-hydrogen) atoms. The first-order valence-corrected chi connectivity index (χ1v) is 10.1. The quantitative estimate of drug-likeness (QED) is 0.554. The van der Waals surface area contributed by atoms with Crippen molar-refractivity contribution in [3.8, 4) is 23.0 Å². The Kier molecular flexibility index (Phi) is 6.52. The monoisotopic (exact) mass is 399 g/mol. The highest BCUT2D eigenvalue weighted by molar-refractivity contribution is 7.89. The molecule has 3 rings (SSSR count). The Morgan fingerprint density at radius 1 is 0.786 bits per heavy atom. The first kappa shape index (κ1) is 19.7. The van der Waals surface area contributed by atoms with E-state index in [1.165, 1.54) is 12.1 Å². The van der Waals surface area contributed by atoms with Crippen LogP contribution in [0.5, 0.6) is 23.0 Å². The van der Waals surface area contributed by atoms with E-state index in [4.69, 9.17) is 14.2 Å². The summed E-state index contributed by atoms with van der Waals surface area (Å²) in [7, 11) is -2.05. The van der Waals surface area contributed by atoms with E-state index in [1.807, 2.05) is 30.3 Å². The SMILES string of the molecule is COc1cccc(OCCNS(=O)(=O)c2ccc(Oc3ccccc3)cc2)c1. The predicted molar refractivity (Wildman–Crippen MR) is 107 cm³/mol. The Labute approximate surface area is 164 Å². The van der Waals surface area contributed by atoms with E-state index >= 15 is 0 Å². The molecule has 0 fully saturated rings. The molecule has 0 amide bonds. The van der Waals surface area contributed by atoms with Gasteiger partial charge in [-0.3, -0.25) is 0 Å². The molecule has 0 spiro atoms. The number of methoxy groups -OCH3 is 1. The zero-order chi connectivity index (χ0) is 19.8. The standard InChI is InChI=1S/C21H21NO5S/c1-25-19-8-5-9-20(16-19)26-15-14-22-28(23,24)21-12-10-18(11-13-21)27-17-6-3-2-4-7-17/h2-13,16,22H,14-15H2,1H3. The number of ether oxygens (including phenoxy) is 3. The van der Waals surface area contributed by atoms with Gasteiger partial charge in [0.25, 0.3) is 0 Å². The van der Waals surface area contributed by atoms with E-state index in [-0.39, 0.29) is 18.0 Å². The van der Waals surface area contributed by atoms with Gasteiger partial charge in [-0.1, -0.05) is 24.3 Å². The van der Waals surface area contributed by atoms with Gasteiger partial charge in [0.2, 0.25) is 10.0 Å². The van der Waals surface area contributed by atoms with Crippen molar-refractivity contribution in [3.63, 3.8) is 0 Å². The summed E-state index contributed by atoms with van der Waals surface area (Å²) in [5, 5.41) is 0. The summed E-state index contributed by atoms with van der Waals surface area (Å²) in [4.78, 5) is 0.161. The molecule has 146 valence electrons. The van der Waals surface area contributed by atoms with Gasteiger partial charge >= 0.3 is 0 Å². The van der Waals surface area contributed by atoms with E-state index in [2.05, 4.69) is 4.72 Å². The third-order valence-electron chi connectivity index (χ3n) is 3.82. The maximum absolute atomic E-state index is 12.4. The molecule has 0 unspecified atom stereocenters. The van der Waals surface area contributed by atoms with Crippen molar-refractivity contribution >= 4 is 10.0 Å². The molecule has 3 aromatic carbocycles. The van der Waals surface area contributed by atoms with Crippen molar-refractivity contribution in [1.29, 1.82) is 0 Å². The van der Waals surface area contributed by atoms with Gasteiger partial charge in [0.05, 0.1) is 12.0 Å². The van der Waals surface area contributed by atoms with E-state index in [1.54, 1.807) is 43.5 Å². The van der Waals surface area contributed by atoms with Crippen LogP contribution in [0.4, 0.5) is 0 Å². The number of hydrogen-bond donors (Lipinski definition) is 1. The summed E-state index contributed by atoms with van der Waals surface area (Å²) >= 11 is 0. The van der Waals surface area contributed by atoms with Crippen LogP contribution in [0.2, 0.25) is 0 Å². The van der Waals surface area contributed by atoms with Crippen molar-refractivity contribution in [2.24, 2.45) is 0 Å². The molecule has 0 bridgehead atoms. The number of benzene rings is 3. The largest absolute Gasteiger partial charge is 0.497 e. The molecule has 0 aliphatic heterocycles. The van der Waals surface area contributed by atoms with Crippen LogP contribution in [0, 0.1) is 0 Å². The second-order valence-electron chi connectivity index (χ2n) is 5.81. The van der Waals surface area contributed by atoms with Crippen molar-refractivity contribution < 1.29 is 22.6 Å². The molecule has 0 aliphatic carbocycles. The third kappa shape index (κ3) is 5.48. The number of hydrogen-bond acceptors (Lipinski definition) is 5. The minimum atomic E-state index is -3.63. The highest BCUT2D eigenvalue weighted by Crippen LogP contribution is 2.22. The third-order valence-corrected chi connectivity index (χ3v) is 5.29. The molecule has 0 radical (unpaired) electrons. The van der Waals surface area contributed by atoms with Crippen LogP contribution < -0.4 is 18.9 Å². The van der Waals surface area contributed by atoms with E-state index in [0.717, 1.165) is 0 Å². The van der Waals surface area contributed by atoms with Crippen molar-refractivity contribution in [2.75, 3.05) is 20.3 Å². The smallest absolute Gasteiger partial charge is 0.240 e. The number of para-hydroxylation sites is 1.